The highest BCUT2D eigenvalue weighted by atomic mass is 79.9. The van der Waals surface area contributed by atoms with Crippen molar-refractivity contribution in [2.45, 2.75) is 40.5 Å². The molecular formula is C25H27BrF2O5. The Morgan fingerprint density at radius 2 is 1.18 bits per heavy atom. The summed E-state index contributed by atoms with van der Waals surface area (Å²) in [7, 11) is 0. The Labute approximate surface area is 200 Å². The minimum absolute atomic E-state index is 0.0346. The molecule has 0 aliphatic heterocycles. The molecule has 0 aromatic heterocycles. The number of halogens is 3. The minimum Gasteiger partial charge on any atom is -0.478 e. The summed E-state index contributed by atoms with van der Waals surface area (Å²) in [5.74, 6) is -3.50. The molecule has 0 amide bonds. The van der Waals surface area contributed by atoms with Crippen LogP contribution in [-0.2, 0) is 22.4 Å². The molecule has 8 heteroatoms. The van der Waals surface area contributed by atoms with Gasteiger partial charge in [0.25, 0.3) is 0 Å². The summed E-state index contributed by atoms with van der Waals surface area (Å²) in [6.45, 7) is 6.99. The van der Waals surface area contributed by atoms with Crippen LogP contribution < -0.4 is 0 Å². The largest absolute Gasteiger partial charge is 0.478 e. The Morgan fingerprint density at radius 1 is 0.788 bits per heavy atom. The monoisotopic (exact) mass is 524 g/mol. The second-order valence-electron chi connectivity index (χ2n) is 8.01. The van der Waals surface area contributed by atoms with Crippen molar-refractivity contribution in [3.05, 3.63) is 70.3 Å². The van der Waals surface area contributed by atoms with Crippen LogP contribution >= 0.6 is 15.9 Å². The molecule has 2 aromatic rings. The van der Waals surface area contributed by atoms with Crippen LogP contribution in [0, 0.1) is 23.5 Å². The Kier molecular flexibility index (Phi) is 11.2. The van der Waals surface area contributed by atoms with Crippen molar-refractivity contribution in [3.8, 4) is 0 Å². The standard InChI is InChI=1S/C13H14BrFO2.C12H13FO3/c1-8(2)11(16)6-9-4-3-5-10(13(9)15)12(17)7-14;1-7(2)10(14)6-8-4-3-5-9(11(8)13)12(15)16/h3-5,8H,6-7H2,1-2H3;3-5,7H,6H2,1-2H3,(H,15,16). The molecule has 0 aliphatic carbocycles. The van der Waals surface area contributed by atoms with Gasteiger partial charge in [-0.1, -0.05) is 67.9 Å². The van der Waals surface area contributed by atoms with Gasteiger partial charge in [-0.15, -0.1) is 0 Å². The average Bonchev–Trinajstić information content (AvgIpc) is 2.76. The van der Waals surface area contributed by atoms with Crippen LogP contribution in [0.2, 0.25) is 0 Å². The average molecular weight is 525 g/mol. The summed E-state index contributed by atoms with van der Waals surface area (Å²) in [5.41, 5.74) is 0.0686. The summed E-state index contributed by atoms with van der Waals surface area (Å²) in [4.78, 5) is 45.1. The number of carboxylic acids is 1. The molecule has 0 saturated heterocycles. The fourth-order valence-corrected chi connectivity index (χ4v) is 2.97. The van der Waals surface area contributed by atoms with Crippen molar-refractivity contribution in [3.63, 3.8) is 0 Å². The predicted octanol–water partition coefficient (Wildman–Crippen LogP) is 5.46. The number of carboxylic acid groups (broad SMARTS) is 1. The summed E-state index contributed by atoms with van der Waals surface area (Å²) in [6.07, 6.45) is -0.0302. The van der Waals surface area contributed by atoms with E-state index in [0.29, 0.717) is 0 Å². The molecule has 0 spiro atoms. The molecule has 0 bridgehead atoms. The Morgan fingerprint density at radius 3 is 1.55 bits per heavy atom. The first-order valence-electron chi connectivity index (χ1n) is 10.3. The van der Waals surface area contributed by atoms with Crippen LogP contribution in [0.4, 0.5) is 8.78 Å². The Balaban J connectivity index is 0.000000331. The van der Waals surface area contributed by atoms with Gasteiger partial charge >= 0.3 is 5.97 Å². The molecule has 178 valence electrons. The lowest BCUT2D eigenvalue weighted by Crippen LogP contribution is -2.13. The lowest BCUT2D eigenvalue weighted by atomic mass is 9.98. The van der Waals surface area contributed by atoms with Gasteiger partial charge in [0.1, 0.15) is 23.2 Å². The van der Waals surface area contributed by atoms with Gasteiger partial charge in [-0.05, 0) is 23.3 Å². The maximum Gasteiger partial charge on any atom is 0.338 e. The second kappa shape index (κ2) is 13.1. The van der Waals surface area contributed by atoms with E-state index >= 15 is 0 Å². The molecule has 0 fully saturated rings. The van der Waals surface area contributed by atoms with E-state index in [9.17, 15) is 28.0 Å². The lowest BCUT2D eigenvalue weighted by Gasteiger charge is -2.08. The van der Waals surface area contributed by atoms with Gasteiger partial charge in [0.05, 0.1) is 16.5 Å². The normalized spacial score (nSPS) is 10.6. The summed E-state index contributed by atoms with van der Waals surface area (Å²) in [5, 5.41) is 8.78. The SMILES string of the molecule is CC(C)C(=O)Cc1cccc(C(=O)CBr)c1F.CC(C)C(=O)Cc1cccc(C(=O)O)c1F. The Hall–Kier alpha value is -2.74. The molecule has 2 aromatic carbocycles. The van der Waals surface area contributed by atoms with E-state index in [-0.39, 0.29) is 64.0 Å². The van der Waals surface area contributed by atoms with Gasteiger partial charge in [-0.2, -0.15) is 0 Å². The van der Waals surface area contributed by atoms with E-state index in [4.69, 9.17) is 5.11 Å². The van der Waals surface area contributed by atoms with Crippen molar-refractivity contribution in [2.75, 3.05) is 5.33 Å². The fourth-order valence-electron chi connectivity index (χ4n) is 2.67. The zero-order chi connectivity index (χ0) is 25.3. The summed E-state index contributed by atoms with van der Waals surface area (Å²) >= 11 is 3.00. The van der Waals surface area contributed by atoms with E-state index in [2.05, 4.69) is 15.9 Å². The van der Waals surface area contributed by atoms with E-state index in [1.54, 1.807) is 39.8 Å². The van der Waals surface area contributed by atoms with Gasteiger partial charge in [0.2, 0.25) is 0 Å². The highest BCUT2D eigenvalue weighted by Crippen LogP contribution is 2.17. The Bertz CT molecular complexity index is 1030. The van der Waals surface area contributed by atoms with Crippen LogP contribution in [0.25, 0.3) is 0 Å². The van der Waals surface area contributed by atoms with Gasteiger partial charge < -0.3 is 5.11 Å². The minimum atomic E-state index is -1.32. The van der Waals surface area contributed by atoms with Gasteiger partial charge in [0.15, 0.2) is 5.78 Å². The molecule has 0 unspecified atom stereocenters. The quantitative estimate of drug-likeness (QED) is 0.347. The molecule has 0 heterocycles. The van der Waals surface area contributed by atoms with Gasteiger partial charge in [-0.25, -0.2) is 13.6 Å². The molecule has 0 atom stereocenters. The smallest absolute Gasteiger partial charge is 0.338 e. The molecule has 0 radical (unpaired) electrons. The molecule has 0 aliphatic rings. The highest BCUT2D eigenvalue weighted by Gasteiger charge is 2.18. The highest BCUT2D eigenvalue weighted by molar-refractivity contribution is 9.09. The third-order valence-electron chi connectivity index (χ3n) is 4.83. The van der Waals surface area contributed by atoms with Crippen LogP contribution in [0.15, 0.2) is 36.4 Å². The molecule has 5 nitrogen and oxygen atoms in total. The third-order valence-corrected chi connectivity index (χ3v) is 5.34. The number of alkyl halides is 1. The fraction of sp³-hybridized carbons (Fsp3) is 0.360. The topological polar surface area (TPSA) is 88.5 Å². The summed E-state index contributed by atoms with van der Waals surface area (Å²) in [6, 6.07) is 8.63. The first-order chi connectivity index (χ1) is 15.4. The predicted molar refractivity (Wildman–Crippen MR) is 125 cm³/mol. The molecular weight excluding hydrogens is 498 g/mol. The number of aromatic carboxylic acids is 1. The van der Waals surface area contributed by atoms with Crippen molar-refractivity contribution in [2.24, 2.45) is 11.8 Å². The number of carbonyl (C=O) groups is 4. The number of hydrogen-bond acceptors (Lipinski definition) is 4. The third kappa shape index (κ3) is 8.28. The maximum absolute atomic E-state index is 13.9. The van der Waals surface area contributed by atoms with Crippen LogP contribution in [0.3, 0.4) is 0 Å². The van der Waals surface area contributed by atoms with Crippen LogP contribution in [0.5, 0.6) is 0 Å². The first-order valence-corrected chi connectivity index (χ1v) is 11.4. The van der Waals surface area contributed by atoms with Crippen molar-refractivity contribution >= 4 is 39.2 Å². The zero-order valence-electron chi connectivity index (χ0n) is 19.0. The zero-order valence-corrected chi connectivity index (χ0v) is 20.5. The van der Waals surface area contributed by atoms with E-state index in [0.717, 1.165) is 0 Å². The van der Waals surface area contributed by atoms with Crippen molar-refractivity contribution in [1.82, 2.24) is 0 Å². The molecule has 2 rings (SSSR count). The van der Waals surface area contributed by atoms with Crippen LogP contribution in [-0.4, -0.2) is 33.8 Å². The van der Waals surface area contributed by atoms with E-state index in [1.807, 2.05) is 0 Å². The molecule has 1 N–H and O–H groups in total. The molecule has 0 saturated carbocycles. The maximum atomic E-state index is 13.9. The number of Topliss-reactive ketones (excluding diaryl/α,β-unsaturated/α-hetero) is 3. The van der Waals surface area contributed by atoms with E-state index < -0.39 is 23.2 Å². The number of ketones is 3. The van der Waals surface area contributed by atoms with Crippen molar-refractivity contribution in [1.29, 1.82) is 0 Å². The van der Waals surface area contributed by atoms with Crippen molar-refractivity contribution < 1.29 is 33.1 Å². The van der Waals surface area contributed by atoms with Gasteiger partial charge in [-0.3, -0.25) is 14.4 Å². The lowest BCUT2D eigenvalue weighted by molar-refractivity contribution is -0.122. The van der Waals surface area contributed by atoms with E-state index in [1.165, 1.54) is 24.3 Å². The number of rotatable bonds is 9. The second-order valence-corrected chi connectivity index (χ2v) is 8.58. The number of benzene rings is 2. The summed E-state index contributed by atoms with van der Waals surface area (Å²) < 4.78 is 27.6. The van der Waals surface area contributed by atoms with Gasteiger partial charge in [0, 0.05) is 24.7 Å². The number of carbonyl (C=O) groups excluding carboxylic acids is 3. The van der Waals surface area contributed by atoms with Crippen LogP contribution in [0.1, 0.15) is 59.5 Å². The molecule has 33 heavy (non-hydrogen) atoms. The first kappa shape index (κ1) is 28.3. The number of hydrogen-bond donors (Lipinski definition) is 1.